The average Bonchev–Trinajstić information content (AvgIpc) is 2.66. The van der Waals surface area contributed by atoms with Crippen molar-refractivity contribution in [2.45, 2.75) is 6.92 Å². The van der Waals surface area contributed by atoms with Gasteiger partial charge in [0.15, 0.2) is 5.82 Å². The molecule has 0 atom stereocenters. The van der Waals surface area contributed by atoms with Crippen molar-refractivity contribution < 1.29 is 9.18 Å². The molecule has 6 heteroatoms. The van der Waals surface area contributed by atoms with Crippen LogP contribution in [0.15, 0.2) is 26.5 Å². The molecule has 0 radical (unpaired) electrons. The zero-order valence-corrected chi connectivity index (χ0v) is 13.8. The second-order valence-electron chi connectivity index (χ2n) is 3.62. The summed E-state index contributed by atoms with van der Waals surface area (Å²) in [6.07, 6.45) is 0. The topological polar surface area (TPSA) is 17.1 Å². The van der Waals surface area contributed by atoms with Gasteiger partial charge in [-0.1, -0.05) is 11.6 Å². The van der Waals surface area contributed by atoms with E-state index >= 15 is 0 Å². The first-order valence-corrected chi connectivity index (χ1v) is 7.64. The molecule has 2 rings (SSSR count). The van der Waals surface area contributed by atoms with Crippen molar-refractivity contribution in [2.24, 2.45) is 0 Å². The maximum Gasteiger partial charge on any atom is 0.205 e. The Morgan fingerprint density at radius 2 is 2.06 bits per heavy atom. The van der Waals surface area contributed by atoms with Crippen LogP contribution in [0.5, 0.6) is 0 Å². The van der Waals surface area contributed by atoms with Crippen LogP contribution >= 0.6 is 54.8 Å². The molecule has 1 aromatic carbocycles. The van der Waals surface area contributed by atoms with Gasteiger partial charge in [-0.3, -0.25) is 4.79 Å². The molecule has 0 spiro atoms. The molecule has 0 aliphatic carbocycles. The molecule has 2 aromatic rings. The van der Waals surface area contributed by atoms with Crippen LogP contribution in [0.1, 0.15) is 20.8 Å². The Bertz CT molecular complexity index is 620. The summed E-state index contributed by atoms with van der Waals surface area (Å²) in [7, 11) is 0. The van der Waals surface area contributed by atoms with Gasteiger partial charge in [0.25, 0.3) is 0 Å². The molecule has 0 unspecified atom stereocenters. The Morgan fingerprint density at radius 1 is 1.39 bits per heavy atom. The van der Waals surface area contributed by atoms with Crippen LogP contribution in [0.3, 0.4) is 0 Å². The Morgan fingerprint density at radius 3 is 2.61 bits per heavy atom. The summed E-state index contributed by atoms with van der Waals surface area (Å²) >= 11 is 13.5. The van der Waals surface area contributed by atoms with Crippen molar-refractivity contribution in [2.75, 3.05) is 0 Å². The first kappa shape index (κ1) is 14.2. The molecular weight excluding hydrogens is 406 g/mol. The van der Waals surface area contributed by atoms with Gasteiger partial charge >= 0.3 is 0 Å². The molecule has 18 heavy (non-hydrogen) atoms. The number of benzene rings is 1. The van der Waals surface area contributed by atoms with Crippen LogP contribution in [0.4, 0.5) is 4.39 Å². The fourth-order valence-corrected chi connectivity index (χ4v) is 3.37. The summed E-state index contributed by atoms with van der Waals surface area (Å²) in [4.78, 5) is 12.7. The van der Waals surface area contributed by atoms with Gasteiger partial charge in [-0.25, -0.2) is 4.39 Å². The van der Waals surface area contributed by atoms with Crippen molar-refractivity contribution in [3.05, 3.63) is 53.3 Å². The minimum Gasteiger partial charge on any atom is -0.288 e. The molecule has 1 aromatic heterocycles. The van der Waals surface area contributed by atoms with E-state index in [0.717, 1.165) is 9.35 Å². The van der Waals surface area contributed by atoms with Crippen LogP contribution in [0.2, 0.25) is 5.02 Å². The van der Waals surface area contributed by atoms with Crippen LogP contribution in [0, 0.1) is 12.7 Å². The lowest BCUT2D eigenvalue weighted by Gasteiger charge is -2.03. The summed E-state index contributed by atoms with van der Waals surface area (Å²) < 4.78 is 15.2. The zero-order chi connectivity index (χ0) is 13.4. The maximum atomic E-state index is 13.9. The largest absolute Gasteiger partial charge is 0.288 e. The molecule has 0 saturated heterocycles. The van der Waals surface area contributed by atoms with Crippen molar-refractivity contribution in [3.8, 4) is 0 Å². The van der Waals surface area contributed by atoms with E-state index in [9.17, 15) is 9.18 Å². The number of hydrogen-bond donors (Lipinski definition) is 0. The SMILES string of the molecule is Cc1cc(C(=O)c2ccc(Br)c(Cl)c2F)sc1Br. The third-order valence-corrected chi connectivity index (χ3v) is 5.75. The number of carbonyl (C=O) groups excluding carboxylic acids is 1. The van der Waals surface area contributed by atoms with E-state index < -0.39 is 5.82 Å². The van der Waals surface area contributed by atoms with Gasteiger partial charge in [-0.15, -0.1) is 11.3 Å². The smallest absolute Gasteiger partial charge is 0.205 e. The highest BCUT2D eigenvalue weighted by atomic mass is 79.9. The Labute approximate surface area is 129 Å². The van der Waals surface area contributed by atoms with Gasteiger partial charge in [0.1, 0.15) is 0 Å². The fraction of sp³-hybridized carbons (Fsp3) is 0.0833. The highest BCUT2D eigenvalue weighted by Gasteiger charge is 2.20. The number of rotatable bonds is 2. The van der Waals surface area contributed by atoms with Crippen LogP contribution in [-0.4, -0.2) is 5.78 Å². The Balaban J connectivity index is 2.50. The lowest BCUT2D eigenvalue weighted by atomic mass is 10.1. The van der Waals surface area contributed by atoms with Crippen molar-refractivity contribution in [1.82, 2.24) is 0 Å². The van der Waals surface area contributed by atoms with Crippen LogP contribution in [-0.2, 0) is 0 Å². The molecule has 0 fully saturated rings. The highest BCUT2D eigenvalue weighted by molar-refractivity contribution is 9.11. The molecular formula is C12H6Br2ClFOS. The second kappa shape index (κ2) is 5.41. The van der Waals surface area contributed by atoms with E-state index in [-0.39, 0.29) is 16.4 Å². The third-order valence-electron chi connectivity index (χ3n) is 2.36. The standard InChI is InChI=1S/C12H6Br2ClFOS/c1-5-4-8(18-12(5)14)11(17)6-2-3-7(13)9(15)10(6)16/h2-4H,1H3. The summed E-state index contributed by atoms with van der Waals surface area (Å²) in [6.45, 7) is 1.88. The summed E-state index contributed by atoms with van der Waals surface area (Å²) in [5.41, 5.74) is 0.934. The quantitative estimate of drug-likeness (QED) is 0.463. The summed E-state index contributed by atoms with van der Waals surface area (Å²) in [5, 5.41) is -0.0757. The fourth-order valence-electron chi connectivity index (χ4n) is 1.41. The zero-order valence-electron chi connectivity index (χ0n) is 9.06. The number of halogens is 4. The van der Waals surface area contributed by atoms with E-state index in [1.54, 1.807) is 12.1 Å². The molecule has 0 saturated carbocycles. The van der Waals surface area contributed by atoms with Crippen molar-refractivity contribution >= 4 is 60.6 Å². The Kier molecular flexibility index (Phi) is 4.26. The molecule has 0 amide bonds. The van der Waals surface area contributed by atoms with E-state index in [0.29, 0.717) is 9.35 Å². The number of hydrogen-bond acceptors (Lipinski definition) is 2. The first-order valence-electron chi connectivity index (χ1n) is 4.86. The van der Waals surface area contributed by atoms with Gasteiger partial charge < -0.3 is 0 Å². The predicted molar refractivity (Wildman–Crippen MR) is 79.3 cm³/mol. The van der Waals surface area contributed by atoms with Gasteiger partial charge in [0.05, 0.1) is 19.2 Å². The molecule has 1 heterocycles. The highest BCUT2D eigenvalue weighted by Crippen LogP contribution is 2.32. The minimum absolute atomic E-state index is 0.0167. The molecule has 0 N–H and O–H groups in total. The minimum atomic E-state index is -0.696. The average molecular weight is 413 g/mol. The van der Waals surface area contributed by atoms with E-state index in [1.165, 1.54) is 17.4 Å². The monoisotopic (exact) mass is 410 g/mol. The van der Waals surface area contributed by atoms with Crippen molar-refractivity contribution in [3.63, 3.8) is 0 Å². The predicted octanol–water partition coefficient (Wildman–Crippen LogP) is 5.61. The van der Waals surface area contributed by atoms with Gasteiger partial charge in [-0.05, 0) is 62.5 Å². The number of thiophene rings is 1. The van der Waals surface area contributed by atoms with Crippen LogP contribution < -0.4 is 0 Å². The van der Waals surface area contributed by atoms with E-state index in [2.05, 4.69) is 31.9 Å². The normalized spacial score (nSPS) is 10.7. The van der Waals surface area contributed by atoms with Crippen LogP contribution in [0.25, 0.3) is 0 Å². The molecule has 1 nitrogen and oxygen atoms in total. The second-order valence-corrected chi connectivity index (χ2v) is 7.22. The molecule has 0 aliphatic heterocycles. The number of aryl methyl sites for hydroxylation is 1. The molecule has 0 aliphatic rings. The van der Waals surface area contributed by atoms with Gasteiger partial charge in [0.2, 0.25) is 5.78 Å². The number of ketones is 1. The van der Waals surface area contributed by atoms with Gasteiger partial charge in [-0.2, -0.15) is 0 Å². The lowest BCUT2D eigenvalue weighted by Crippen LogP contribution is -2.02. The van der Waals surface area contributed by atoms with Crippen molar-refractivity contribution in [1.29, 1.82) is 0 Å². The number of carbonyl (C=O) groups is 1. The molecule has 94 valence electrons. The summed E-state index contributed by atoms with van der Waals surface area (Å²) in [5.74, 6) is -1.06. The van der Waals surface area contributed by atoms with E-state index in [1.807, 2.05) is 6.92 Å². The molecule has 0 bridgehead atoms. The first-order chi connectivity index (χ1) is 8.41. The Hall–Kier alpha value is -0.230. The van der Waals surface area contributed by atoms with Gasteiger partial charge in [0, 0.05) is 4.47 Å². The van der Waals surface area contributed by atoms with E-state index in [4.69, 9.17) is 11.6 Å². The maximum absolute atomic E-state index is 13.9. The third kappa shape index (κ3) is 2.54. The lowest BCUT2D eigenvalue weighted by molar-refractivity contribution is 0.103. The summed E-state index contributed by atoms with van der Waals surface area (Å²) in [6, 6.07) is 4.72.